The van der Waals surface area contributed by atoms with Gasteiger partial charge in [-0.2, -0.15) is 0 Å². The summed E-state index contributed by atoms with van der Waals surface area (Å²) in [5.74, 6) is 0.0891. The van der Waals surface area contributed by atoms with Gasteiger partial charge < -0.3 is 15.0 Å². The zero-order valence-electron chi connectivity index (χ0n) is 22.6. The molecule has 1 aliphatic carbocycles. The standard InChI is InChI=1S/C27H35N7O4S2/c1-2-38-25-18-28-16-23(31-25)24-17-30-27(39-24)26(35)32-21(10-14-34-12-5-6-13-34)22-15-19(9-11-29-22)33-40(36,37)20-7-3-4-8-20/h9,11,15-18,20-21H,2-8,10,12-14H2,1H3,(H,29,33)(H,32,35)/t21-/m1/s1. The first-order chi connectivity index (χ1) is 19.4. The van der Waals surface area contributed by atoms with Gasteiger partial charge in [0.2, 0.25) is 15.9 Å². The van der Waals surface area contributed by atoms with E-state index in [0.717, 1.165) is 32.5 Å². The van der Waals surface area contributed by atoms with Gasteiger partial charge in [-0.1, -0.05) is 12.8 Å². The Labute approximate surface area is 238 Å². The van der Waals surface area contributed by atoms with Crippen LogP contribution in [0.4, 0.5) is 5.69 Å². The molecule has 0 unspecified atom stereocenters. The van der Waals surface area contributed by atoms with Crippen molar-refractivity contribution in [3.05, 3.63) is 47.6 Å². The molecule has 13 heteroatoms. The molecule has 1 atom stereocenters. The SMILES string of the molecule is CCOc1cncc(-c2cnc(C(=O)N[C@H](CCN3CCCC3)c3cc(NS(=O)(=O)C4CCCC4)ccn3)s2)n1. The molecule has 1 amide bonds. The topological polar surface area (TPSA) is 139 Å². The van der Waals surface area contributed by atoms with E-state index in [1.165, 1.54) is 24.2 Å². The van der Waals surface area contributed by atoms with Gasteiger partial charge in [0.05, 0.1) is 46.6 Å². The number of anilines is 1. The van der Waals surface area contributed by atoms with Crippen molar-refractivity contribution >= 4 is 33.0 Å². The smallest absolute Gasteiger partial charge is 0.280 e. The Bertz CT molecular complexity index is 1400. The molecule has 3 aromatic heterocycles. The van der Waals surface area contributed by atoms with Gasteiger partial charge in [-0.05, 0) is 64.3 Å². The Hall–Kier alpha value is -3.16. The largest absolute Gasteiger partial charge is 0.477 e. The molecular formula is C27H35N7O4S2. The van der Waals surface area contributed by atoms with Crippen molar-refractivity contribution in [2.75, 3.05) is 31.0 Å². The minimum atomic E-state index is -3.48. The fourth-order valence-corrected chi connectivity index (χ4v) is 7.51. The zero-order chi connectivity index (χ0) is 28.0. The van der Waals surface area contributed by atoms with Gasteiger partial charge in [0.25, 0.3) is 5.91 Å². The van der Waals surface area contributed by atoms with Gasteiger partial charge in [0, 0.05) is 18.9 Å². The highest BCUT2D eigenvalue weighted by Gasteiger charge is 2.29. The van der Waals surface area contributed by atoms with E-state index in [2.05, 4.69) is 34.9 Å². The van der Waals surface area contributed by atoms with Gasteiger partial charge in [0.1, 0.15) is 5.69 Å². The highest BCUT2D eigenvalue weighted by Crippen LogP contribution is 2.29. The van der Waals surface area contributed by atoms with Crippen molar-refractivity contribution in [3.8, 4) is 16.5 Å². The summed E-state index contributed by atoms with van der Waals surface area (Å²) >= 11 is 1.22. The average Bonchev–Trinajstić information content (AvgIpc) is 3.75. The van der Waals surface area contributed by atoms with Gasteiger partial charge >= 0.3 is 0 Å². The molecule has 1 saturated carbocycles. The van der Waals surface area contributed by atoms with E-state index in [4.69, 9.17) is 4.74 Å². The lowest BCUT2D eigenvalue weighted by Crippen LogP contribution is -2.32. The number of nitrogens with one attached hydrogen (secondary N) is 2. The first kappa shape index (κ1) is 28.4. The van der Waals surface area contributed by atoms with Gasteiger partial charge in [-0.25, -0.2) is 18.4 Å². The highest BCUT2D eigenvalue weighted by molar-refractivity contribution is 7.93. The van der Waals surface area contributed by atoms with Crippen molar-refractivity contribution in [2.45, 2.75) is 63.2 Å². The van der Waals surface area contributed by atoms with Crippen LogP contribution in [0.15, 0.2) is 36.9 Å². The first-order valence-corrected chi connectivity index (χ1v) is 16.2. The molecule has 3 aromatic rings. The molecule has 2 aliphatic rings. The Kier molecular flexibility index (Phi) is 9.22. The van der Waals surface area contributed by atoms with Crippen LogP contribution in [0.25, 0.3) is 10.6 Å². The van der Waals surface area contributed by atoms with Gasteiger partial charge in [-0.15, -0.1) is 11.3 Å². The summed E-state index contributed by atoms with van der Waals surface area (Å²) in [7, 11) is -3.48. The highest BCUT2D eigenvalue weighted by atomic mass is 32.2. The summed E-state index contributed by atoms with van der Waals surface area (Å²) in [6.45, 7) is 5.22. The second-order valence-corrected chi connectivity index (χ2v) is 13.1. The van der Waals surface area contributed by atoms with Crippen molar-refractivity contribution in [1.82, 2.24) is 30.2 Å². The fourth-order valence-electron chi connectivity index (χ4n) is 5.16. The van der Waals surface area contributed by atoms with E-state index >= 15 is 0 Å². The van der Waals surface area contributed by atoms with E-state index in [1.807, 2.05) is 6.92 Å². The van der Waals surface area contributed by atoms with E-state index < -0.39 is 16.1 Å². The summed E-state index contributed by atoms with van der Waals surface area (Å²) in [5.41, 5.74) is 1.64. The average molecular weight is 586 g/mol. The minimum Gasteiger partial charge on any atom is -0.477 e. The van der Waals surface area contributed by atoms with Crippen LogP contribution in [0.1, 0.15) is 73.4 Å². The fraction of sp³-hybridized carbons (Fsp3) is 0.519. The molecule has 214 valence electrons. The Morgan fingerprint density at radius 3 is 2.73 bits per heavy atom. The van der Waals surface area contributed by atoms with Crippen molar-refractivity contribution < 1.29 is 17.9 Å². The summed E-state index contributed by atoms with van der Waals surface area (Å²) in [5, 5.41) is 3.02. The van der Waals surface area contributed by atoms with E-state index in [9.17, 15) is 13.2 Å². The number of hydrogen-bond donors (Lipinski definition) is 2. The zero-order valence-corrected chi connectivity index (χ0v) is 24.2. The maximum absolute atomic E-state index is 13.3. The summed E-state index contributed by atoms with van der Waals surface area (Å²) < 4.78 is 34.0. The quantitative estimate of drug-likeness (QED) is 0.322. The number of hydrogen-bond acceptors (Lipinski definition) is 10. The Balaban J connectivity index is 1.33. The molecule has 5 rings (SSSR count). The molecule has 2 fully saturated rings. The van der Waals surface area contributed by atoms with Crippen LogP contribution >= 0.6 is 11.3 Å². The predicted octanol–water partition coefficient (Wildman–Crippen LogP) is 4.04. The normalized spacial score (nSPS) is 17.1. The van der Waals surface area contributed by atoms with E-state index in [1.54, 1.807) is 36.9 Å². The summed E-state index contributed by atoms with van der Waals surface area (Å²) in [6, 6.07) is 2.96. The molecule has 4 heterocycles. The number of ether oxygens (including phenoxy) is 1. The second-order valence-electron chi connectivity index (χ2n) is 10.1. The van der Waals surface area contributed by atoms with Crippen LogP contribution in [-0.4, -0.2) is 70.7 Å². The van der Waals surface area contributed by atoms with Crippen LogP contribution < -0.4 is 14.8 Å². The molecule has 11 nitrogen and oxygen atoms in total. The lowest BCUT2D eigenvalue weighted by Gasteiger charge is -2.22. The third-order valence-electron chi connectivity index (χ3n) is 7.23. The third kappa shape index (κ3) is 7.12. The number of amides is 1. The molecule has 0 aromatic carbocycles. The van der Waals surface area contributed by atoms with Crippen LogP contribution in [0.2, 0.25) is 0 Å². The Morgan fingerprint density at radius 2 is 1.95 bits per heavy atom. The number of thiazole rings is 1. The molecule has 0 bridgehead atoms. The second kappa shape index (κ2) is 13.0. The lowest BCUT2D eigenvalue weighted by atomic mass is 10.1. The number of carbonyl (C=O) groups is 1. The molecule has 1 saturated heterocycles. The van der Waals surface area contributed by atoms with Crippen LogP contribution in [0.5, 0.6) is 5.88 Å². The van der Waals surface area contributed by atoms with Crippen LogP contribution in [0.3, 0.4) is 0 Å². The minimum absolute atomic E-state index is 0.294. The number of nitrogens with zero attached hydrogens (tertiary/aromatic N) is 5. The molecule has 0 spiro atoms. The monoisotopic (exact) mass is 585 g/mol. The molecule has 2 N–H and O–H groups in total. The summed E-state index contributed by atoms with van der Waals surface area (Å²) in [4.78, 5) is 33.9. The first-order valence-electron chi connectivity index (χ1n) is 13.8. The predicted molar refractivity (Wildman–Crippen MR) is 154 cm³/mol. The lowest BCUT2D eigenvalue weighted by molar-refractivity contribution is 0.0930. The van der Waals surface area contributed by atoms with Gasteiger partial charge in [0.15, 0.2) is 5.01 Å². The number of sulfonamides is 1. The maximum Gasteiger partial charge on any atom is 0.280 e. The summed E-state index contributed by atoms with van der Waals surface area (Å²) in [6.07, 6.45) is 12.5. The molecule has 0 radical (unpaired) electrons. The van der Waals surface area contributed by atoms with Gasteiger partial charge in [-0.3, -0.25) is 19.5 Å². The number of aromatic nitrogens is 4. The number of likely N-dealkylation sites (tertiary alicyclic amines) is 1. The Morgan fingerprint density at radius 1 is 1.15 bits per heavy atom. The molecular weight excluding hydrogens is 550 g/mol. The van der Waals surface area contributed by atoms with Crippen LogP contribution in [0, 0.1) is 0 Å². The molecule has 40 heavy (non-hydrogen) atoms. The van der Waals surface area contributed by atoms with Crippen molar-refractivity contribution in [3.63, 3.8) is 0 Å². The maximum atomic E-state index is 13.3. The van der Waals surface area contributed by atoms with E-state index in [-0.39, 0.29) is 11.2 Å². The van der Waals surface area contributed by atoms with Crippen LogP contribution in [-0.2, 0) is 10.0 Å². The van der Waals surface area contributed by atoms with Crippen molar-refractivity contribution in [2.24, 2.45) is 0 Å². The molecule has 1 aliphatic heterocycles. The van der Waals surface area contributed by atoms with E-state index in [0.29, 0.717) is 58.7 Å². The number of pyridine rings is 1. The third-order valence-corrected chi connectivity index (χ3v) is 10.1. The van der Waals surface area contributed by atoms with Crippen molar-refractivity contribution in [1.29, 1.82) is 0 Å². The number of rotatable bonds is 12. The number of carbonyl (C=O) groups excluding carboxylic acids is 1.